The molecule has 2 aromatic heterocycles. The predicted molar refractivity (Wildman–Crippen MR) is 65.6 cm³/mol. The SMILES string of the molecule is CCc1nnc2cnc(-c3ccccc3F)cn12. The van der Waals surface area contributed by atoms with Crippen LogP contribution >= 0.6 is 0 Å². The van der Waals surface area contributed by atoms with Crippen LogP contribution in [0.5, 0.6) is 0 Å². The third-order valence-corrected chi connectivity index (χ3v) is 2.83. The van der Waals surface area contributed by atoms with Crippen LogP contribution in [0.1, 0.15) is 12.7 Å². The Bertz CT molecular complexity index is 705. The van der Waals surface area contributed by atoms with Gasteiger partial charge < -0.3 is 0 Å². The van der Waals surface area contributed by atoms with E-state index in [0.29, 0.717) is 16.9 Å². The molecule has 0 fully saturated rings. The zero-order valence-electron chi connectivity index (χ0n) is 9.84. The summed E-state index contributed by atoms with van der Waals surface area (Å²) in [6.07, 6.45) is 4.14. The Labute approximate surface area is 103 Å². The van der Waals surface area contributed by atoms with E-state index in [1.54, 1.807) is 30.6 Å². The highest BCUT2D eigenvalue weighted by molar-refractivity contribution is 5.60. The van der Waals surface area contributed by atoms with E-state index in [0.717, 1.165) is 12.2 Å². The molecule has 0 aliphatic carbocycles. The van der Waals surface area contributed by atoms with Gasteiger partial charge in [-0.3, -0.25) is 9.38 Å². The fourth-order valence-electron chi connectivity index (χ4n) is 1.90. The lowest BCUT2D eigenvalue weighted by molar-refractivity contribution is 0.630. The van der Waals surface area contributed by atoms with Gasteiger partial charge in [-0.15, -0.1) is 10.2 Å². The van der Waals surface area contributed by atoms with Crippen molar-refractivity contribution in [2.45, 2.75) is 13.3 Å². The minimum absolute atomic E-state index is 0.282. The molecule has 5 heteroatoms. The minimum Gasteiger partial charge on any atom is -0.283 e. The van der Waals surface area contributed by atoms with Crippen molar-refractivity contribution in [3.63, 3.8) is 0 Å². The summed E-state index contributed by atoms with van der Waals surface area (Å²) in [6.45, 7) is 2.00. The molecule has 18 heavy (non-hydrogen) atoms. The second-order valence-electron chi connectivity index (χ2n) is 3.95. The van der Waals surface area contributed by atoms with Gasteiger partial charge in [0.25, 0.3) is 0 Å². The van der Waals surface area contributed by atoms with Crippen molar-refractivity contribution in [2.75, 3.05) is 0 Å². The normalized spacial score (nSPS) is 11.0. The summed E-state index contributed by atoms with van der Waals surface area (Å²) in [7, 11) is 0. The topological polar surface area (TPSA) is 43.1 Å². The molecule has 0 N–H and O–H groups in total. The first kappa shape index (κ1) is 10.8. The molecule has 0 atom stereocenters. The van der Waals surface area contributed by atoms with Gasteiger partial charge in [0, 0.05) is 18.2 Å². The number of nitrogens with zero attached hydrogens (tertiary/aromatic N) is 4. The Kier molecular flexibility index (Phi) is 2.51. The van der Waals surface area contributed by atoms with Gasteiger partial charge in [-0.2, -0.15) is 0 Å². The standard InChI is InChI=1S/C13H11FN4/c1-2-12-16-17-13-7-15-11(8-18(12)13)9-5-3-4-6-10(9)14/h3-8H,2H2,1H3. The average molecular weight is 242 g/mol. The maximum Gasteiger partial charge on any atom is 0.179 e. The number of aryl methyl sites for hydroxylation is 1. The molecule has 0 spiro atoms. The molecule has 4 nitrogen and oxygen atoms in total. The number of benzene rings is 1. The maximum atomic E-state index is 13.7. The molecule has 0 saturated carbocycles. The molecule has 3 rings (SSSR count). The number of halogens is 1. The van der Waals surface area contributed by atoms with Crippen molar-refractivity contribution in [1.82, 2.24) is 19.6 Å². The average Bonchev–Trinajstić information content (AvgIpc) is 2.81. The van der Waals surface area contributed by atoms with Crippen molar-refractivity contribution in [3.05, 3.63) is 48.3 Å². The van der Waals surface area contributed by atoms with Gasteiger partial charge in [-0.05, 0) is 12.1 Å². The fraction of sp³-hybridized carbons (Fsp3) is 0.154. The second kappa shape index (κ2) is 4.18. The van der Waals surface area contributed by atoms with Crippen molar-refractivity contribution in [1.29, 1.82) is 0 Å². The van der Waals surface area contributed by atoms with Crippen molar-refractivity contribution >= 4 is 5.65 Å². The Balaban J connectivity index is 2.21. The Morgan fingerprint density at radius 1 is 1.22 bits per heavy atom. The zero-order valence-corrected chi connectivity index (χ0v) is 9.84. The van der Waals surface area contributed by atoms with Crippen LogP contribution in [-0.4, -0.2) is 19.6 Å². The first-order valence-electron chi connectivity index (χ1n) is 5.74. The lowest BCUT2D eigenvalue weighted by atomic mass is 10.1. The van der Waals surface area contributed by atoms with Crippen molar-refractivity contribution in [2.24, 2.45) is 0 Å². The van der Waals surface area contributed by atoms with E-state index in [9.17, 15) is 4.39 Å². The van der Waals surface area contributed by atoms with Crippen LogP contribution in [0.2, 0.25) is 0 Å². The number of fused-ring (bicyclic) bond motifs is 1. The van der Waals surface area contributed by atoms with Gasteiger partial charge in [-0.25, -0.2) is 4.39 Å². The van der Waals surface area contributed by atoms with E-state index in [-0.39, 0.29) is 5.82 Å². The second-order valence-corrected chi connectivity index (χ2v) is 3.95. The summed E-state index contributed by atoms with van der Waals surface area (Å²) in [6, 6.07) is 6.58. The van der Waals surface area contributed by atoms with Crippen LogP contribution in [0.15, 0.2) is 36.7 Å². The van der Waals surface area contributed by atoms with E-state index in [1.807, 2.05) is 11.3 Å². The molecule has 0 saturated heterocycles. The zero-order chi connectivity index (χ0) is 12.5. The highest BCUT2D eigenvalue weighted by atomic mass is 19.1. The largest absolute Gasteiger partial charge is 0.283 e. The molecule has 0 unspecified atom stereocenters. The van der Waals surface area contributed by atoms with E-state index in [2.05, 4.69) is 15.2 Å². The number of hydrogen-bond acceptors (Lipinski definition) is 3. The Morgan fingerprint density at radius 2 is 2.06 bits per heavy atom. The van der Waals surface area contributed by atoms with Gasteiger partial charge in [0.15, 0.2) is 5.65 Å². The molecular weight excluding hydrogens is 231 g/mol. The van der Waals surface area contributed by atoms with Crippen LogP contribution < -0.4 is 0 Å². The van der Waals surface area contributed by atoms with Crippen molar-refractivity contribution in [3.8, 4) is 11.3 Å². The van der Waals surface area contributed by atoms with E-state index < -0.39 is 0 Å². The molecule has 0 bridgehead atoms. The number of aromatic nitrogens is 4. The Morgan fingerprint density at radius 3 is 2.83 bits per heavy atom. The first-order chi connectivity index (χ1) is 8.79. The molecule has 3 aromatic rings. The van der Waals surface area contributed by atoms with Crippen LogP contribution in [0, 0.1) is 5.82 Å². The molecule has 2 heterocycles. The third kappa shape index (κ3) is 1.64. The molecule has 0 radical (unpaired) electrons. The highest BCUT2D eigenvalue weighted by Gasteiger charge is 2.09. The van der Waals surface area contributed by atoms with E-state index in [1.165, 1.54) is 6.07 Å². The molecule has 0 aliphatic rings. The maximum absolute atomic E-state index is 13.7. The van der Waals surface area contributed by atoms with Gasteiger partial charge >= 0.3 is 0 Å². The van der Waals surface area contributed by atoms with Gasteiger partial charge in [-0.1, -0.05) is 19.1 Å². The molecule has 1 aromatic carbocycles. The summed E-state index contributed by atoms with van der Waals surface area (Å²) in [5.74, 6) is 0.556. The first-order valence-corrected chi connectivity index (χ1v) is 5.74. The van der Waals surface area contributed by atoms with Gasteiger partial charge in [0.05, 0.1) is 11.9 Å². The fourth-order valence-corrected chi connectivity index (χ4v) is 1.90. The van der Waals surface area contributed by atoms with Crippen LogP contribution in [0.25, 0.3) is 16.9 Å². The quantitative estimate of drug-likeness (QED) is 0.693. The highest BCUT2D eigenvalue weighted by Crippen LogP contribution is 2.20. The summed E-state index contributed by atoms with van der Waals surface area (Å²) in [5.41, 5.74) is 1.73. The van der Waals surface area contributed by atoms with Crippen LogP contribution in [-0.2, 0) is 6.42 Å². The lowest BCUT2D eigenvalue weighted by Gasteiger charge is -2.03. The van der Waals surface area contributed by atoms with Crippen LogP contribution in [0.3, 0.4) is 0 Å². The summed E-state index contributed by atoms with van der Waals surface area (Å²) in [5, 5.41) is 8.05. The smallest absolute Gasteiger partial charge is 0.179 e. The summed E-state index contributed by atoms with van der Waals surface area (Å²) < 4.78 is 15.5. The lowest BCUT2D eigenvalue weighted by Crippen LogP contribution is -1.96. The molecule has 0 aliphatic heterocycles. The van der Waals surface area contributed by atoms with Crippen LogP contribution in [0.4, 0.5) is 4.39 Å². The van der Waals surface area contributed by atoms with Gasteiger partial charge in [0.1, 0.15) is 11.6 Å². The van der Waals surface area contributed by atoms with E-state index >= 15 is 0 Å². The monoisotopic (exact) mass is 242 g/mol. The minimum atomic E-state index is -0.282. The number of hydrogen-bond donors (Lipinski definition) is 0. The summed E-state index contributed by atoms with van der Waals surface area (Å²) in [4.78, 5) is 4.22. The molecular formula is C13H11FN4. The Hall–Kier alpha value is -2.30. The number of rotatable bonds is 2. The summed E-state index contributed by atoms with van der Waals surface area (Å²) >= 11 is 0. The van der Waals surface area contributed by atoms with E-state index in [4.69, 9.17) is 0 Å². The third-order valence-electron chi connectivity index (χ3n) is 2.83. The predicted octanol–water partition coefficient (Wildman–Crippen LogP) is 2.49. The van der Waals surface area contributed by atoms with Crippen molar-refractivity contribution < 1.29 is 4.39 Å². The van der Waals surface area contributed by atoms with Gasteiger partial charge in [0.2, 0.25) is 0 Å². The molecule has 0 amide bonds. The molecule has 90 valence electrons.